The van der Waals surface area contributed by atoms with Crippen LogP contribution in [0.3, 0.4) is 0 Å². The molecule has 0 aliphatic heterocycles. The summed E-state index contributed by atoms with van der Waals surface area (Å²) in [4.78, 5) is 0. The third-order valence-electron chi connectivity index (χ3n) is 3.93. The van der Waals surface area contributed by atoms with E-state index in [1.807, 2.05) is 0 Å². The van der Waals surface area contributed by atoms with Crippen LogP contribution >= 0.6 is 0 Å². The summed E-state index contributed by atoms with van der Waals surface area (Å²) in [7, 11) is 0. The lowest BCUT2D eigenvalue weighted by molar-refractivity contribution is 0.318. The predicted molar refractivity (Wildman–Crippen MR) is 77.2 cm³/mol. The first-order valence-electron chi connectivity index (χ1n) is 7.17. The highest BCUT2D eigenvalue weighted by Crippen LogP contribution is 2.22. The Balaban J connectivity index is 1.86. The van der Waals surface area contributed by atoms with Crippen LogP contribution < -0.4 is 11.1 Å². The van der Waals surface area contributed by atoms with Crippen molar-refractivity contribution in [3.8, 4) is 0 Å². The minimum atomic E-state index is -0.328. The second-order valence-electron chi connectivity index (χ2n) is 5.43. The van der Waals surface area contributed by atoms with E-state index in [1.165, 1.54) is 38.2 Å². The zero-order valence-electron chi connectivity index (χ0n) is 11.6. The quantitative estimate of drug-likeness (QED) is 0.336. The van der Waals surface area contributed by atoms with Crippen molar-refractivity contribution < 1.29 is 9.60 Å². The molecule has 1 aliphatic carbocycles. The van der Waals surface area contributed by atoms with Crippen LogP contribution in [0.1, 0.15) is 43.2 Å². The fraction of sp³-hybridized carbons (Fsp3) is 0.533. The lowest BCUT2D eigenvalue weighted by atomic mass is 9.89. The first kappa shape index (κ1) is 14.8. The van der Waals surface area contributed by atoms with Gasteiger partial charge in [0, 0.05) is 17.7 Å². The first-order valence-corrected chi connectivity index (χ1v) is 7.17. The summed E-state index contributed by atoms with van der Waals surface area (Å²) in [6.45, 7) is 1.46. The van der Waals surface area contributed by atoms with Crippen molar-refractivity contribution >= 4 is 5.84 Å². The summed E-state index contributed by atoms with van der Waals surface area (Å²) in [5, 5.41) is 14.8. The zero-order chi connectivity index (χ0) is 14.4. The number of rotatable bonds is 5. The number of hydrogen-bond donors (Lipinski definition) is 3. The smallest absolute Gasteiger partial charge is 0.170 e. The highest BCUT2D eigenvalue weighted by Gasteiger charge is 2.13. The zero-order valence-corrected chi connectivity index (χ0v) is 11.6. The van der Waals surface area contributed by atoms with Gasteiger partial charge in [0.2, 0.25) is 0 Å². The maximum absolute atomic E-state index is 13.9. The van der Waals surface area contributed by atoms with Crippen LogP contribution in [-0.4, -0.2) is 17.6 Å². The average Bonchev–Trinajstić information content (AvgIpc) is 2.49. The Kier molecular flexibility index (Phi) is 5.35. The molecule has 110 valence electrons. The fourth-order valence-electron chi connectivity index (χ4n) is 2.71. The van der Waals surface area contributed by atoms with E-state index in [0.717, 1.165) is 12.5 Å². The van der Waals surface area contributed by atoms with Gasteiger partial charge in [-0.1, -0.05) is 36.6 Å². The van der Waals surface area contributed by atoms with Gasteiger partial charge in [-0.2, -0.15) is 0 Å². The molecular weight excluding hydrogens is 257 g/mol. The number of benzene rings is 1. The van der Waals surface area contributed by atoms with Gasteiger partial charge >= 0.3 is 0 Å². The molecule has 1 saturated carbocycles. The van der Waals surface area contributed by atoms with Crippen molar-refractivity contribution in [1.82, 2.24) is 5.32 Å². The maximum Gasteiger partial charge on any atom is 0.170 e. The number of nitrogens with one attached hydrogen (secondary N) is 1. The Labute approximate surface area is 118 Å². The summed E-state index contributed by atoms with van der Waals surface area (Å²) in [5.74, 6) is 0.319. The second kappa shape index (κ2) is 7.24. The van der Waals surface area contributed by atoms with Crippen LogP contribution in [0.25, 0.3) is 0 Å². The van der Waals surface area contributed by atoms with E-state index in [4.69, 9.17) is 10.9 Å². The summed E-state index contributed by atoms with van der Waals surface area (Å²) < 4.78 is 13.9. The molecule has 1 aromatic rings. The standard InChI is InChI=1S/C15H22FN3O/c16-14-8-12(15(17)19-20)6-7-13(14)10-18-9-11-4-2-1-3-5-11/h6-8,11,18,20H,1-5,9-10H2,(H2,17,19). The second-order valence-corrected chi connectivity index (χ2v) is 5.43. The molecule has 1 aliphatic rings. The molecule has 0 unspecified atom stereocenters. The van der Waals surface area contributed by atoms with E-state index in [1.54, 1.807) is 12.1 Å². The fourth-order valence-corrected chi connectivity index (χ4v) is 2.71. The minimum absolute atomic E-state index is 0.0781. The van der Waals surface area contributed by atoms with Gasteiger partial charge in [0.15, 0.2) is 5.84 Å². The van der Waals surface area contributed by atoms with Gasteiger partial charge in [-0.25, -0.2) is 4.39 Å². The molecule has 0 aromatic heterocycles. The molecule has 0 radical (unpaired) electrons. The molecule has 0 spiro atoms. The number of amidine groups is 1. The molecular formula is C15H22FN3O. The Morgan fingerprint density at radius 2 is 2.10 bits per heavy atom. The normalized spacial score (nSPS) is 17.4. The monoisotopic (exact) mass is 279 g/mol. The Hall–Kier alpha value is -1.62. The van der Waals surface area contributed by atoms with Gasteiger partial charge in [-0.3, -0.25) is 0 Å². The largest absolute Gasteiger partial charge is 0.409 e. The molecule has 20 heavy (non-hydrogen) atoms. The van der Waals surface area contributed by atoms with Gasteiger partial charge in [-0.15, -0.1) is 0 Å². The van der Waals surface area contributed by atoms with E-state index < -0.39 is 0 Å². The van der Waals surface area contributed by atoms with Crippen LogP contribution in [0.4, 0.5) is 4.39 Å². The van der Waals surface area contributed by atoms with Crippen LogP contribution in [0, 0.1) is 11.7 Å². The molecule has 0 amide bonds. The third-order valence-corrected chi connectivity index (χ3v) is 3.93. The van der Waals surface area contributed by atoms with E-state index in [0.29, 0.717) is 17.7 Å². The highest BCUT2D eigenvalue weighted by atomic mass is 19.1. The average molecular weight is 279 g/mol. The Morgan fingerprint density at radius 3 is 2.75 bits per heavy atom. The molecule has 1 aromatic carbocycles. The molecule has 0 bridgehead atoms. The Bertz CT molecular complexity index is 470. The molecule has 4 N–H and O–H groups in total. The van der Waals surface area contributed by atoms with Crippen molar-refractivity contribution in [2.75, 3.05) is 6.54 Å². The molecule has 0 saturated heterocycles. The molecule has 0 atom stereocenters. The lowest BCUT2D eigenvalue weighted by Crippen LogP contribution is -2.24. The highest BCUT2D eigenvalue weighted by molar-refractivity contribution is 5.97. The van der Waals surface area contributed by atoms with E-state index in [-0.39, 0.29) is 11.7 Å². The van der Waals surface area contributed by atoms with Crippen molar-refractivity contribution in [3.63, 3.8) is 0 Å². The van der Waals surface area contributed by atoms with Gasteiger partial charge < -0.3 is 16.3 Å². The van der Waals surface area contributed by atoms with Crippen LogP contribution in [0.15, 0.2) is 23.4 Å². The number of hydrogen-bond acceptors (Lipinski definition) is 3. The predicted octanol–water partition coefficient (Wildman–Crippen LogP) is 2.59. The van der Waals surface area contributed by atoms with Gasteiger partial charge in [-0.05, 0) is 31.4 Å². The molecule has 4 nitrogen and oxygen atoms in total. The van der Waals surface area contributed by atoms with E-state index in [2.05, 4.69) is 10.5 Å². The maximum atomic E-state index is 13.9. The number of halogens is 1. The van der Waals surface area contributed by atoms with Crippen LogP contribution in [-0.2, 0) is 6.54 Å². The van der Waals surface area contributed by atoms with Crippen molar-refractivity contribution in [2.45, 2.75) is 38.6 Å². The summed E-state index contributed by atoms with van der Waals surface area (Å²) >= 11 is 0. The van der Waals surface area contributed by atoms with Crippen LogP contribution in [0.2, 0.25) is 0 Å². The number of nitrogens with two attached hydrogens (primary N) is 1. The first-order chi connectivity index (χ1) is 9.70. The molecule has 0 heterocycles. The number of oxime groups is 1. The van der Waals surface area contributed by atoms with Crippen molar-refractivity contribution in [2.24, 2.45) is 16.8 Å². The lowest BCUT2D eigenvalue weighted by Gasteiger charge is -2.21. The van der Waals surface area contributed by atoms with E-state index >= 15 is 0 Å². The molecule has 2 rings (SSSR count). The van der Waals surface area contributed by atoms with Gasteiger partial charge in [0.1, 0.15) is 5.82 Å². The van der Waals surface area contributed by atoms with Gasteiger partial charge in [0.05, 0.1) is 0 Å². The summed E-state index contributed by atoms with van der Waals surface area (Å²) in [6.07, 6.45) is 6.53. The third kappa shape index (κ3) is 3.93. The van der Waals surface area contributed by atoms with Crippen molar-refractivity contribution in [1.29, 1.82) is 0 Å². The SMILES string of the molecule is NC(=NO)c1ccc(CNCC2CCCCC2)c(F)c1. The summed E-state index contributed by atoms with van der Waals surface area (Å²) in [6, 6.07) is 4.64. The summed E-state index contributed by atoms with van der Waals surface area (Å²) in [5.41, 5.74) is 6.43. The minimum Gasteiger partial charge on any atom is -0.409 e. The van der Waals surface area contributed by atoms with Crippen molar-refractivity contribution in [3.05, 3.63) is 35.1 Å². The van der Waals surface area contributed by atoms with Crippen LogP contribution in [0.5, 0.6) is 0 Å². The van der Waals surface area contributed by atoms with E-state index in [9.17, 15) is 4.39 Å². The van der Waals surface area contributed by atoms with Gasteiger partial charge in [0.25, 0.3) is 0 Å². The Morgan fingerprint density at radius 1 is 1.35 bits per heavy atom. The topological polar surface area (TPSA) is 70.6 Å². The number of nitrogens with zero attached hydrogens (tertiary/aromatic N) is 1. The molecule has 5 heteroatoms. The molecule has 1 fully saturated rings.